The van der Waals surface area contributed by atoms with Crippen LogP contribution in [0.2, 0.25) is 0 Å². The molecule has 3 amide bonds. The summed E-state index contributed by atoms with van der Waals surface area (Å²) in [5, 5.41) is 2.99. The van der Waals surface area contributed by atoms with Crippen LogP contribution in [0.25, 0.3) is 0 Å². The van der Waals surface area contributed by atoms with Crippen LogP contribution in [0.15, 0.2) is 42.5 Å². The second-order valence-corrected chi connectivity index (χ2v) is 9.55. The first-order valence-electron chi connectivity index (χ1n) is 12.5. The van der Waals surface area contributed by atoms with Crippen molar-refractivity contribution in [3.05, 3.63) is 59.4 Å². The van der Waals surface area contributed by atoms with E-state index in [1.807, 2.05) is 4.90 Å². The zero-order chi connectivity index (χ0) is 25.1. The van der Waals surface area contributed by atoms with Crippen LogP contribution in [0, 0.1) is 11.7 Å². The first kappa shape index (κ1) is 24.1. The number of carbonyl (C=O) groups is 3. The van der Waals surface area contributed by atoms with Gasteiger partial charge in [-0.3, -0.25) is 14.4 Å². The quantitative estimate of drug-likeness (QED) is 0.688. The third kappa shape index (κ3) is 5.15. The van der Waals surface area contributed by atoms with Crippen LogP contribution in [0.3, 0.4) is 0 Å². The lowest BCUT2D eigenvalue weighted by atomic mass is 9.87. The Morgan fingerprint density at radius 1 is 0.861 bits per heavy atom. The number of benzene rings is 2. The molecule has 0 aliphatic carbocycles. The Morgan fingerprint density at radius 2 is 1.61 bits per heavy atom. The SMILES string of the molecule is O=C(NC(C(=O)N1CCCCC1)C1CCN(C(=O)c2cccc(F)c2)CC1)c1ccc2c(c1)OCO2. The Hall–Kier alpha value is -3.62. The van der Waals surface area contributed by atoms with Gasteiger partial charge in [-0.25, -0.2) is 4.39 Å². The van der Waals surface area contributed by atoms with Crippen molar-refractivity contribution in [1.29, 1.82) is 0 Å². The molecule has 0 aromatic heterocycles. The summed E-state index contributed by atoms with van der Waals surface area (Å²) in [4.78, 5) is 43.2. The van der Waals surface area contributed by atoms with Gasteiger partial charge in [0.2, 0.25) is 12.7 Å². The first-order chi connectivity index (χ1) is 17.5. The Labute approximate surface area is 209 Å². The highest BCUT2D eigenvalue weighted by Gasteiger charge is 2.37. The zero-order valence-corrected chi connectivity index (χ0v) is 20.1. The van der Waals surface area contributed by atoms with Gasteiger partial charge in [-0.1, -0.05) is 6.07 Å². The predicted molar refractivity (Wildman–Crippen MR) is 129 cm³/mol. The molecule has 0 bridgehead atoms. The number of nitrogens with zero attached hydrogens (tertiary/aromatic N) is 2. The van der Waals surface area contributed by atoms with E-state index in [9.17, 15) is 18.8 Å². The maximum Gasteiger partial charge on any atom is 0.253 e. The largest absolute Gasteiger partial charge is 0.454 e. The maximum absolute atomic E-state index is 13.6. The van der Waals surface area contributed by atoms with E-state index in [-0.39, 0.29) is 30.4 Å². The molecule has 1 unspecified atom stereocenters. The van der Waals surface area contributed by atoms with Crippen LogP contribution in [-0.2, 0) is 4.79 Å². The summed E-state index contributed by atoms with van der Waals surface area (Å²) in [6, 6.07) is 9.96. The lowest BCUT2D eigenvalue weighted by Gasteiger charge is -2.38. The van der Waals surface area contributed by atoms with Crippen LogP contribution in [0.4, 0.5) is 4.39 Å². The predicted octanol–water partition coefficient (Wildman–Crippen LogP) is 3.22. The fraction of sp³-hybridized carbons (Fsp3) is 0.444. The van der Waals surface area contributed by atoms with E-state index in [0.717, 1.165) is 19.3 Å². The van der Waals surface area contributed by atoms with E-state index in [0.29, 0.717) is 61.6 Å². The normalized spacial score (nSPS) is 18.6. The molecule has 2 aromatic rings. The van der Waals surface area contributed by atoms with E-state index in [4.69, 9.17) is 9.47 Å². The third-order valence-corrected chi connectivity index (χ3v) is 7.22. The van der Waals surface area contributed by atoms with E-state index >= 15 is 0 Å². The Balaban J connectivity index is 1.29. The smallest absolute Gasteiger partial charge is 0.253 e. The second-order valence-electron chi connectivity index (χ2n) is 9.55. The number of fused-ring (bicyclic) bond motifs is 1. The zero-order valence-electron chi connectivity index (χ0n) is 20.1. The Morgan fingerprint density at radius 3 is 2.36 bits per heavy atom. The van der Waals surface area contributed by atoms with Crippen molar-refractivity contribution >= 4 is 17.7 Å². The molecule has 8 nitrogen and oxygen atoms in total. The van der Waals surface area contributed by atoms with Crippen molar-refractivity contribution in [2.75, 3.05) is 33.0 Å². The van der Waals surface area contributed by atoms with E-state index in [1.54, 1.807) is 29.2 Å². The van der Waals surface area contributed by atoms with Gasteiger partial charge in [-0.05, 0) is 74.4 Å². The summed E-state index contributed by atoms with van der Waals surface area (Å²) >= 11 is 0. The number of rotatable bonds is 5. The number of hydrogen-bond acceptors (Lipinski definition) is 5. The minimum atomic E-state index is -0.688. The molecule has 0 radical (unpaired) electrons. The number of amides is 3. The number of likely N-dealkylation sites (tertiary alicyclic amines) is 2. The Kier molecular flexibility index (Phi) is 7.06. The van der Waals surface area contributed by atoms with Crippen LogP contribution >= 0.6 is 0 Å². The highest BCUT2D eigenvalue weighted by molar-refractivity contribution is 5.98. The highest BCUT2D eigenvalue weighted by Crippen LogP contribution is 2.33. The standard InChI is InChI=1S/C27H30FN3O5/c28-21-6-4-5-20(15-21)26(33)31-13-9-18(10-14-31)24(27(34)30-11-2-1-3-12-30)29-25(32)19-7-8-22-23(16-19)36-17-35-22/h4-8,15-16,18,24H,1-3,9-14,17H2,(H,29,32). The minimum absolute atomic E-state index is 0.0706. The third-order valence-electron chi connectivity index (χ3n) is 7.22. The van der Waals surface area contributed by atoms with Gasteiger partial charge in [0.1, 0.15) is 11.9 Å². The maximum atomic E-state index is 13.6. The number of piperidine rings is 2. The molecule has 3 heterocycles. The molecule has 0 saturated carbocycles. The van der Waals surface area contributed by atoms with Crippen LogP contribution in [0.5, 0.6) is 11.5 Å². The van der Waals surface area contributed by atoms with Crippen molar-refractivity contribution in [2.24, 2.45) is 5.92 Å². The number of nitrogens with one attached hydrogen (secondary N) is 1. The molecule has 2 saturated heterocycles. The van der Waals surface area contributed by atoms with Crippen molar-refractivity contribution < 1.29 is 28.2 Å². The summed E-state index contributed by atoms with van der Waals surface area (Å²) in [5.74, 6) is -0.117. The average molecular weight is 496 g/mol. The van der Waals surface area contributed by atoms with Gasteiger partial charge in [0.25, 0.3) is 11.8 Å². The summed E-state index contributed by atoms with van der Waals surface area (Å²) in [5.41, 5.74) is 0.708. The fourth-order valence-electron chi connectivity index (χ4n) is 5.19. The van der Waals surface area contributed by atoms with Gasteiger partial charge >= 0.3 is 0 Å². The monoisotopic (exact) mass is 495 g/mol. The van der Waals surface area contributed by atoms with E-state index in [1.165, 1.54) is 18.2 Å². The molecule has 36 heavy (non-hydrogen) atoms. The second kappa shape index (κ2) is 10.6. The molecule has 2 fully saturated rings. The van der Waals surface area contributed by atoms with Gasteiger partial charge in [0.15, 0.2) is 11.5 Å². The molecule has 1 atom stereocenters. The molecule has 0 spiro atoms. The molecular formula is C27H30FN3O5. The molecule has 2 aromatic carbocycles. The van der Waals surface area contributed by atoms with Crippen molar-refractivity contribution in [3.8, 4) is 11.5 Å². The molecular weight excluding hydrogens is 465 g/mol. The summed E-state index contributed by atoms with van der Waals surface area (Å²) < 4.78 is 24.3. The average Bonchev–Trinajstić information content (AvgIpc) is 3.39. The van der Waals surface area contributed by atoms with Gasteiger partial charge in [0, 0.05) is 37.3 Å². The van der Waals surface area contributed by atoms with Crippen LogP contribution in [0.1, 0.15) is 52.8 Å². The minimum Gasteiger partial charge on any atom is -0.454 e. The molecule has 3 aliphatic rings. The van der Waals surface area contributed by atoms with Gasteiger partial charge in [0.05, 0.1) is 0 Å². The van der Waals surface area contributed by atoms with Crippen LogP contribution < -0.4 is 14.8 Å². The lowest BCUT2D eigenvalue weighted by Crippen LogP contribution is -2.55. The summed E-state index contributed by atoms with van der Waals surface area (Å²) in [6.07, 6.45) is 4.13. The van der Waals surface area contributed by atoms with Gasteiger partial charge < -0.3 is 24.6 Å². The van der Waals surface area contributed by atoms with Crippen molar-refractivity contribution in [3.63, 3.8) is 0 Å². The van der Waals surface area contributed by atoms with Gasteiger partial charge in [-0.15, -0.1) is 0 Å². The molecule has 9 heteroatoms. The number of hydrogen-bond donors (Lipinski definition) is 1. The highest BCUT2D eigenvalue weighted by atomic mass is 19.1. The first-order valence-corrected chi connectivity index (χ1v) is 12.5. The fourth-order valence-corrected chi connectivity index (χ4v) is 5.19. The Bertz CT molecular complexity index is 1140. The number of ether oxygens (including phenoxy) is 2. The summed E-state index contributed by atoms with van der Waals surface area (Å²) in [7, 11) is 0. The lowest BCUT2D eigenvalue weighted by molar-refractivity contribution is -0.136. The topological polar surface area (TPSA) is 88.2 Å². The number of carbonyl (C=O) groups excluding carboxylic acids is 3. The van der Waals surface area contributed by atoms with E-state index < -0.39 is 11.9 Å². The van der Waals surface area contributed by atoms with Crippen LogP contribution in [-0.4, -0.2) is 66.5 Å². The van der Waals surface area contributed by atoms with Crippen molar-refractivity contribution in [2.45, 2.75) is 38.1 Å². The van der Waals surface area contributed by atoms with E-state index in [2.05, 4.69) is 5.32 Å². The molecule has 5 rings (SSSR count). The number of halogens is 1. The molecule has 3 aliphatic heterocycles. The summed E-state index contributed by atoms with van der Waals surface area (Å²) in [6.45, 7) is 2.36. The molecule has 190 valence electrons. The molecule has 1 N–H and O–H groups in total. The van der Waals surface area contributed by atoms with Crippen molar-refractivity contribution in [1.82, 2.24) is 15.1 Å². The van der Waals surface area contributed by atoms with Gasteiger partial charge in [-0.2, -0.15) is 0 Å².